The van der Waals surface area contributed by atoms with Gasteiger partial charge in [-0.1, -0.05) is 6.07 Å². The Balaban J connectivity index is 0.000000218. The van der Waals surface area contributed by atoms with E-state index in [0.717, 1.165) is 5.69 Å². The molecule has 4 heteroatoms. The van der Waals surface area contributed by atoms with Crippen LogP contribution in [-0.2, 0) is 4.79 Å². The van der Waals surface area contributed by atoms with Crippen molar-refractivity contribution >= 4 is 6.41 Å². The van der Waals surface area contributed by atoms with Crippen molar-refractivity contribution in [3.8, 4) is 0 Å². The molecule has 0 spiro atoms. The molecular weight excluding hydrogens is 142 g/mol. The van der Waals surface area contributed by atoms with E-state index in [1.165, 1.54) is 0 Å². The maximum Gasteiger partial charge on any atom is 0.221 e. The molecule has 1 amide bonds. The fourth-order valence-electron chi connectivity index (χ4n) is 0.448. The number of nitrogens with two attached hydrogens (primary N) is 1. The third kappa shape index (κ3) is 6.47. The molecule has 0 radical (unpaired) electrons. The zero-order chi connectivity index (χ0) is 8.53. The van der Waals surface area contributed by atoms with Crippen LogP contribution >= 0.6 is 0 Å². The number of aryl methyl sites for hydroxylation is 1. The van der Waals surface area contributed by atoms with E-state index in [1.807, 2.05) is 25.1 Å². The van der Waals surface area contributed by atoms with Crippen LogP contribution in [0.2, 0.25) is 0 Å². The minimum Gasteiger partial charge on any atom is -0.297 e. The zero-order valence-corrected chi connectivity index (χ0v) is 6.32. The largest absolute Gasteiger partial charge is 0.297 e. The number of carbonyl (C=O) groups excluding carboxylic acids is 1. The van der Waals surface area contributed by atoms with E-state index < -0.39 is 0 Å². The van der Waals surface area contributed by atoms with Crippen LogP contribution in [0.1, 0.15) is 5.69 Å². The average Bonchev–Trinajstić information content (AvgIpc) is 2.07. The highest BCUT2D eigenvalue weighted by atomic mass is 16.1. The summed E-state index contributed by atoms with van der Waals surface area (Å²) in [5.41, 5.74) is 2.82. The Morgan fingerprint density at radius 1 is 1.64 bits per heavy atom. The number of pyridine rings is 1. The molecule has 1 aromatic heterocycles. The molecule has 0 unspecified atom stereocenters. The van der Waals surface area contributed by atoms with Crippen LogP contribution in [0.4, 0.5) is 0 Å². The van der Waals surface area contributed by atoms with E-state index in [2.05, 4.69) is 10.8 Å². The van der Waals surface area contributed by atoms with Crippen molar-refractivity contribution in [1.29, 1.82) is 0 Å². The normalized spacial score (nSPS) is 7.45. The first kappa shape index (κ1) is 9.58. The predicted octanol–water partition coefficient (Wildman–Crippen LogP) is -0.00388. The van der Waals surface area contributed by atoms with E-state index in [-0.39, 0.29) is 0 Å². The SMILES string of the molecule is Cc1ccccn1.NNC=O. The molecule has 1 heterocycles. The van der Waals surface area contributed by atoms with Gasteiger partial charge in [0.15, 0.2) is 0 Å². The van der Waals surface area contributed by atoms with E-state index in [4.69, 9.17) is 4.79 Å². The Bertz CT molecular complexity index is 188. The zero-order valence-electron chi connectivity index (χ0n) is 6.32. The fraction of sp³-hybridized carbons (Fsp3) is 0.143. The lowest BCUT2D eigenvalue weighted by molar-refractivity contribution is -0.109. The van der Waals surface area contributed by atoms with Gasteiger partial charge in [-0.15, -0.1) is 0 Å². The lowest BCUT2D eigenvalue weighted by Gasteiger charge is -1.82. The summed E-state index contributed by atoms with van der Waals surface area (Å²) in [6.07, 6.45) is 2.19. The van der Waals surface area contributed by atoms with Crippen molar-refractivity contribution in [2.75, 3.05) is 0 Å². The van der Waals surface area contributed by atoms with Gasteiger partial charge in [-0.2, -0.15) is 0 Å². The third-order valence-corrected chi connectivity index (χ3v) is 0.881. The van der Waals surface area contributed by atoms with Crippen molar-refractivity contribution in [3.05, 3.63) is 30.1 Å². The molecule has 0 aliphatic heterocycles. The molecule has 1 aromatic rings. The van der Waals surface area contributed by atoms with Crippen LogP contribution in [-0.4, -0.2) is 11.4 Å². The van der Waals surface area contributed by atoms with Gasteiger partial charge in [0.05, 0.1) is 0 Å². The molecule has 11 heavy (non-hydrogen) atoms. The van der Waals surface area contributed by atoms with Gasteiger partial charge in [0.25, 0.3) is 0 Å². The van der Waals surface area contributed by atoms with Crippen LogP contribution in [0, 0.1) is 6.92 Å². The van der Waals surface area contributed by atoms with Crippen LogP contribution < -0.4 is 11.3 Å². The first-order valence-electron chi connectivity index (χ1n) is 3.08. The fourth-order valence-corrected chi connectivity index (χ4v) is 0.448. The highest BCUT2D eigenvalue weighted by Crippen LogP contribution is 1.85. The molecule has 0 saturated heterocycles. The number of hydrogen-bond acceptors (Lipinski definition) is 3. The number of aromatic nitrogens is 1. The van der Waals surface area contributed by atoms with Gasteiger partial charge in [-0.25, -0.2) is 5.84 Å². The lowest BCUT2D eigenvalue weighted by atomic mass is 10.4. The molecule has 0 atom stereocenters. The second-order valence-electron chi connectivity index (χ2n) is 1.76. The van der Waals surface area contributed by atoms with Gasteiger partial charge in [0.2, 0.25) is 6.41 Å². The number of nitrogens with one attached hydrogen (secondary N) is 1. The van der Waals surface area contributed by atoms with Crippen molar-refractivity contribution in [2.24, 2.45) is 5.84 Å². The Labute approximate surface area is 65.4 Å². The molecule has 4 nitrogen and oxygen atoms in total. The van der Waals surface area contributed by atoms with Crippen LogP contribution in [0.3, 0.4) is 0 Å². The highest BCUT2D eigenvalue weighted by Gasteiger charge is 1.73. The minimum absolute atomic E-state index is 0.403. The standard InChI is InChI=1S/C6H7N.CH4N2O/c1-6-4-2-3-5-7-6;2-3-1-4/h2-5H,1H3;1H,2H2,(H,3,4). The third-order valence-electron chi connectivity index (χ3n) is 0.881. The second-order valence-corrected chi connectivity index (χ2v) is 1.76. The second kappa shape index (κ2) is 6.70. The number of amides is 1. The lowest BCUT2D eigenvalue weighted by Crippen LogP contribution is -2.18. The molecule has 0 bridgehead atoms. The van der Waals surface area contributed by atoms with Crippen molar-refractivity contribution < 1.29 is 4.79 Å². The summed E-state index contributed by atoms with van der Waals surface area (Å²) >= 11 is 0. The Morgan fingerprint density at radius 2 is 2.27 bits per heavy atom. The Hall–Kier alpha value is -1.42. The monoisotopic (exact) mass is 153 g/mol. The molecule has 0 aromatic carbocycles. The number of carbonyl (C=O) groups is 1. The summed E-state index contributed by atoms with van der Waals surface area (Å²) < 4.78 is 0. The Morgan fingerprint density at radius 3 is 2.45 bits per heavy atom. The quantitative estimate of drug-likeness (QED) is 0.258. The molecule has 0 aliphatic rings. The van der Waals surface area contributed by atoms with E-state index >= 15 is 0 Å². The average molecular weight is 153 g/mol. The minimum atomic E-state index is 0.403. The van der Waals surface area contributed by atoms with Crippen LogP contribution in [0.15, 0.2) is 24.4 Å². The maximum absolute atomic E-state index is 8.94. The summed E-state index contributed by atoms with van der Waals surface area (Å²) in [6.45, 7) is 1.97. The summed E-state index contributed by atoms with van der Waals surface area (Å²) in [6, 6.07) is 5.86. The highest BCUT2D eigenvalue weighted by molar-refractivity contribution is 5.44. The first-order chi connectivity index (χ1) is 5.31. The van der Waals surface area contributed by atoms with Crippen molar-refractivity contribution in [3.63, 3.8) is 0 Å². The topological polar surface area (TPSA) is 68.0 Å². The van der Waals surface area contributed by atoms with Gasteiger partial charge in [-0.3, -0.25) is 15.2 Å². The maximum atomic E-state index is 8.94. The molecule has 0 aliphatic carbocycles. The number of rotatable bonds is 1. The van der Waals surface area contributed by atoms with Gasteiger partial charge in [0.1, 0.15) is 0 Å². The van der Waals surface area contributed by atoms with Crippen LogP contribution in [0.25, 0.3) is 0 Å². The number of hydrogen-bond donors (Lipinski definition) is 2. The van der Waals surface area contributed by atoms with Gasteiger partial charge in [0, 0.05) is 11.9 Å². The molecule has 3 N–H and O–H groups in total. The van der Waals surface area contributed by atoms with Crippen LogP contribution in [0.5, 0.6) is 0 Å². The molecular formula is C7H11N3O. The molecule has 60 valence electrons. The summed E-state index contributed by atoms with van der Waals surface area (Å²) in [5.74, 6) is 4.41. The van der Waals surface area contributed by atoms with E-state index in [1.54, 1.807) is 11.6 Å². The summed E-state index contributed by atoms with van der Waals surface area (Å²) in [7, 11) is 0. The smallest absolute Gasteiger partial charge is 0.221 e. The Kier molecular flexibility index (Phi) is 5.83. The van der Waals surface area contributed by atoms with Gasteiger partial charge >= 0.3 is 0 Å². The van der Waals surface area contributed by atoms with Gasteiger partial charge < -0.3 is 0 Å². The van der Waals surface area contributed by atoms with E-state index in [9.17, 15) is 0 Å². The van der Waals surface area contributed by atoms with Crippen molar-refractivity contribution in [1.82, 2.24) is 10.4 Å². The predicted molar refractivity (Wildman–Crippen MR) is 42.4 cm³/mol. The molecule has 0 saturated carbocycles. The van der Waals surface area contributed by atoms with E-state index in [0.29, 0.717) is 6.41 Å². The first-order valence-corrected chi connectivity index (χ1v) is 3.08. The summed E-state index contributed by atoms with van der Waals surface area (Å²) in [4.78, 5) is 12.9. The molecule has 0 fully saturated rings. The van der Waals surface area contributed by atoms with Gasteiger partial charge in [-0.05, 0) is 19.1 Å². The number of nitrogens with zero attached hydrogens (tertiary/aromatic N) is 1. The summed E-state index contributed by atoms with van der Waals surface area (Å²) in [5, 5.41) is 0. The van der Waals surface area contributed by atoms with Crippen molar-refractivity contribution in [2.45, 2.75) is 6.92 Å². The number of hydrazine groups is 1. The molecule has 1 rings (SSSR count).